The number of carbonyl (C=O) groups is 1. The van der Waals surface area contributed by atoms with Gasteiger partial charge in [0.1, 0.15) is 11.6 Å². The number of benzene rings is 2. The van der Waals surface area contributed by atoms with Gasteiger partial charge in [0.15, 0.2) is 5.82 Å². The van der Waals surface area contributed by atoms with Gasteiger partial charge in [-0.3, -0.25) is 9.89 Å². The van der Waals surface area contributed by atoms with Crippen LogP contribution in [0.4, 0.5) is 14.6 Å². The molecule has 1 saturated heterocycles. The van der Waals surface area contributed by atoms with E-state index in [0.29, 0.717) is 28.9 Å². The molecule has 1 amide bonds. The average Bonchev–Trinajstić information content (AvgIpc) is 3.04. The molecule has 0 aliphatic carbocycles. The van der Waals surface area contributed by atoms with E-state index in [9.17, 15) is 13.6 Å². The Kier molecular flexibility index (Phi) is 5.72. The van der Waals surface area contributed by atoms with Crippen LogP contribution in [-0.2, 0) is 4.79 Å². The van der Waals surface area contributed by atoms with Gasteiger partial charge in [0, 0.05) is 23.6 Å². The summed E-state index contributed by atoms with van der Waals surface area (Å²) >= 11 is 0. The van der Waals surface area contributed by atoms with Crippen LogP contribution in [0.1, 0.15) is 12.8 Å². The zero-order chi connectivity index (χ0) is 18.1. The number of H-pyrrole nitrogens is 1. The Labute approximate surface area is 160 Å². The summed E-state index contributed by atoms with van der Waals surface area (Å²) in [5.41, 5.74) is 1.61. The molecule has 0 unspecified atom stereocenters. The molecule has 27 heavy (non-hydrogen) atoms. The molecule has 0 bridgehead atoms. The molecule has 5 nitrogen and oxygen atoms in total. The van der Waals surface area contributed by atoms with E-state index in [4.69, 9.17) is 0 Å². The second kappa shape index (κ2) is 8.02. The summed E-state index contributed by atoms with van der Waals surface area (Å²) < 4.78 is 27.2. The maximum Gasteiger partial charge on any atom is 0.229 e. The number of halogens is 3. The Hall–Kier alpha value is -2.51. The number of nitrogens with zero attached hydrogens (tertiary/aromatic N) is 1. The maximum absolute atomic E-state index is 14.1. The molecule has 8 heteroatoms. The first kappa shape index (κ1) is 19.3. The smallest absolute Gasteiger partial charge is 0.229 e. The molecule has 0 spiro atoms. The molecule has 2 heterocycles. The molecule has 1 aromatic heterocycles. The highest BCUT2D eigenvalue weighted by molar-refractivity contribution is 6.01. The van der Waals surface area contributed by atoms with Gasteiger partial charge in [0.2, 0.25) is 5.91 Å². The Balaban J connectivity index is 0.00000210. The van der Waals surface area contributed by atoms with Gasteiger partial charge in [-0.05, 0) is 49.2 Å². The minimum absolute atomic E-state index is 0. The van der Waals surface area contributed by atoms with Crippen LogP contribution in [0.15, 0.2) is 36.4 Å². The quantitative estimate of drug-likeness (QED) is 0.633. The van der Waals surface area contributed by atoms with E-state index < -0.39 is 11.6 Å². The molecule has 1 fully saturated rings. The highest BCUT2D eigenvalue weighted by Gasteiger charge is 2.22. The lowest BCUT2D eigenvalue weighted by Crippen LogP contribution is -2.37. The summed E-state index contributed by atoms with van der Waals surface area (Å²) in [6.45, 7) is 1.59. The highest BCUT2D eigenvalue weighted by Crippen LogP contribution is 2.29. The number of hydrogen-bond acceptors (Lipinski definition) is 3. The van der Waals surface area contributed by atoms with Crippen molar-refractivity contribution in [2.75, 3.05) is 18.4 Å². The van der Waals surface area contributed by atoms with Crippen LogP contribution in [0.25, 0.3) is 22.0 Å². The zero-order valence-electron chi connectivity index (χ0n) is 14.4. The second-order valence-electron chi connectivity index (χ2n) is 6.49. The fraction of sp³-hybridized carbons (Fsp3) is 0.263. The molecule has 3 aromatic rings. The van der Waals surface area contributed by atoms with Crippen molar-refractivity contribution in [2.24, 2.45) is 5.92 Å². The lowest BCUT2D eigenvalue weighted by Gasteiger charge is -2.21. The van der Waals surface area contributed by atoms with E-state index in [1.54, 1.807) is 18.2 Å². The van der Waals surface area contributed by atoms with E-state index in [0.717, 1.165) is 31.0 Å². The first-order chi connectivity index (χ1) is 12.6. The second-order valence-corrected chi connectivity index (χ2v) is 6.49. The van der Waals surface area contributed by atoms with E-state index in [1.807, 2.05) is 0 Å². The molecular weight excluding hydrogens is 374 g/mol. The molecule has 3 N–H and O–H groups in total. The summed E-state index contributed by atoms with van der Waals surface area (Å²) in [5, 5.41) is 13.8. The van der Waals surface area contributed by atoms with Gasteiger partial charge in [-0.2, -0.15) is 5.10 Å². The van der Waals surface area contributed by atoms with E-state index in [-0.39, 0.29) is 24.2 Å². The van der Waals surface area contributed by atoms with Crippen LogP contribution in [0.2, 0.25) is 0 Å². The van der Waals surface area contributed by atoms with Gasteiger partial charge in [0.25, 0.3) is 0 Å². The summed E-state index contributed by atoms with van der Waals surface area (Å²) in [6.07, 6.45) is 1.81. The molecule has 142 valence electrons. The van der Waals surface area contributed by atoms with Crippen molar-refractivity contribution in [3.63, 3.8) is 0 Å². The predicted molar refractivity (Wildman–Crippen MR) is 103 cm³/mol. The third-order valence-corrected chi connectivity index (χ3v) is 4.71. The Morgan fingerprint density at radius 1 is 1.19 bits per heavy atom. The summed E-state index contributed by atoms with van der Waals surface area (Å²) in [5.74, 6) is -1.01. The first-order valence-corrected chi connectivity index (χ1v) is 8.57. The third kappa shape index (κ3) is 3.94. The van der Waals surface area contributed by atoms with Gasteiger partial charge >= 0.3 is 0 Å². The van der Waals surface area contributed by atoms with Crippen LogP contribution in [-0.4, -0.2) is 29.2 Å². The number of anilines is 1. The summed E-state index contributed by atoms with van der Waals surface area (Å²) in [4.78, 5) is 12.4. The molecule has 1 atom stereocenters. The SMILES string of the molecule is Cl.O=C(Nc1n[nH]c2ccc(-c3ccc(F)cc3F)cc12)[C@@H]1CCCNC1. The number of rotatable bonds is 3. The number of amides is 1. The van der Waals surface area contributed by atoms with Gasteiger partial charge < -0.3 is 10.6 Å². The fourth-order valence-electron chi connectivity index (χ4n) is 3.29. The number of aromatic nitrogens is 2. The topological polar surface area (TPSA) is 69.8 Å². The summed E-state index contributed by atoms with van der Waals surface area (Å²) in [6, 6.07) is 8.71. The van der Waals surface area contributed by atoms with Crippen LogP contribution in [0, 0.1) is 17.6 Å². The Bertz CT molecular complexity index is 969. The minimum Gasteiger partial charge on any atom is -0.316 e. The Morgan fingerprint density at radius 3 is 2.78 bits per heavy atom. The number of fused-ring (bicyclic) bond motifs is 1. The van der Waals surface area contributed by atoms with Crippen LogP contribution >= 0.6 is 12.4 Å². The number of piperidine rings is 1. The number of nitrogens with one attached hydrogen (secondary N) is 3. The normalized spacial score (nSPS) is 16.7. The number of carbonyl (C=O) groups excluding carboxylic acids is 1. The largest absolute Gasteiger partial charge is 0.316 e. The molecule has 0 saturated carbocycles. The monoisotopic (exact) mass is 392 g/mol. The molecule has 0 radical (unpaired) electrons. The van der Waals surface area contributed by atoms with Crippen molar-refractivity contribution in [3.8, 4) is 11.1 Å². The fourth-order valence-corrected chi connectivity index (χ4v) is 3.29. The van der Waals surface area contributed by atoms with Crippen molar-refractivity contribution in [2.45, 2.75) is 12.8 Å². The predicted octanol–water partition coefficient (Wildman–Crippen LogP) is 3.87. The van der Waals surface area contributed by atoms with E-state index >= 15 is 0 Å². The maximum atomic E-state index is 14.1. The van der Waals surface area contributed by atoms with Crippen LogP contribution < -0.4 is 10.6 Å². The third-order valence-electron chi connectivity index (χ3n) is 4.71. The van der Waals surface area contributed by atoms with Crippen molar-refractivity contribution >= 4 is 35.0 Å². The van der Waals surface area contributed by atoms with Crippen LogP contribution in [0.5, 0.6) is 0 Å². The van der Waals surface area contributed by atoms with Gasteiger partial charge in [-0.15, -0.1) is 12.4 Å². The van der Waals surface area contributed by atoms with Crippen molar-refractivity contribution in [3.05, 3.63) is 48.0 Å². The molecule has 2 aromatic carbocycles. The van der Waals surface area contributed by atoms with Gasteiger partial charge in [-0.1, -0.05) is 6.07 Å². The molecule has 1 aliphatic heterocycles. The minimum atomic E-state index is -0.633. The van der Waals surface area contributed by atoms with Gasteiger partial charge in [-0.25, -0.2) is 8.78 Å². The van der Waals surface area contributed by atoms with Crippen molar-refractivity contribution in [1.82, 2.24) is 15.5 Å². The lowest BCUT2D eigenvalue weighted by atomic mass is 9.99. The summed E-state index contributed by atoms with van der Waals surface area (Å²) in [7, 11) is 0. The van der Waals surface area contributed by atoms with Crippen molar-refractivity contribution < 1.29 is 13.6 Å². The standard InChI is InChI=1S/C19H18F2N4O.ClH/c20-13-4-5-14(16(21)9-13)11-3-6-17-15(8-11)18(25-24-17)23-19(26)12-2-1-7-22-10-12;/h3-6,8-9,12,22H,1-2,7,10H2,(H2,23,24,25,26);1H/t12-;/m1./s1. The van der Waals surface area contributed by atoms with E-state index in [2.05, 4.69) is 20.8 Å². The lowest BCUT2D eigenvalue weighted by molar-refractivity contribution is -0.120. The van der Waals surface area contributed by atoms with E-state index in [1.165, 1.54) is 12.1 Å². The van der Waals surface area contributed by atoms with Gasteiger partial charge in [0.05, 0.1) is 11.4 Å². The highest BCUT2D eigenvalue weighted by atomic mass is 35.5. The molecule has 1 aliphatic rings. The average molecular weight is 393 g/mol. The first-order valence-electron chi connectivity index (χ1n) is 8.57. The molecular formula is C19H19ClF2N4O. The Morgan fingerprint density at radius 2 is 2.04 bits per heavy atom. The van der Waals surface area contributed by atoms with Crippen LogP contribution in [0.3, 0.4) is 0 Å². The number of aromatic amines is 1. The zero-order valence-corrected chi connectivity index (χ0v) is 15.2. The number of hydrogen-bond donors (Lipinski definition) is 3. The molecule has 4 rings (SSSR count). The van der Waals surface area contributed by atoms with Crippen molar-refractivity contribution in [1.29, 1.82) is 0 Å².